The van der Waals surface area contributed by atoms with Gasteiger partial charge in [-0.15, -0.1) is 0 Å². The number of rotatable bonds is 6. The van der Waals surface area contributed by atoms with Crippen molar-refractivity contribution in [2.24, 2.45) is 5.92 Å². The van der Waals surface area contributed by atoms with Gasteiger partial charge in [-0.3, -0.25) is 9.59 Å². The van der Waals surface area contributed by atoms with Crippen molar-refractivity contribution in [2.75, 3.05) is 6.61 Å². The Bertz CT molecular complexity index is 445. The first-order valence-corrected chi connectivity index (χ1v) is 6.96. The largest absolute Gasteiger partial charge is 0.465 e. The summed E-state index contributed by atoms with van der Waals surface area (Å²) in [4.78, 5) is 23.4. The SMILES string of the molecule is CCOC(=O)C(CC)C(=O)OCc1ccccc1Br. The van der Waals surface area contributed by atoms with Gasteiger partial charge < -0.3 is 9.47 Å². The number of carbonyl (C=O) groups is 2. The Hall–Kier alpha value is -1.36. The first-order valence-electron chi connectivity index (χ1n) is 6.16. The second-order valence-corrected chi connectivity index (χ2v) is 4.77. The first kappa shape index (κ1) is 15.7. The molecule has 1 atom stereocenters. The molecular weight excluding hydrogens is 312 g/mol. The Morgan fingerprint density at radius 3 is 2.37 bits per heavy atom. The third kappa shape index (κ3) is 4.67. The summed E-state index contributed by atoms with van der Waals surface area (Å²) in [6.45, 7) is 3.85. The van der Waals surface area contributed by atoms with E-state index in [0.717, 1.165) is 10.0 Å². The molecule has 0 saturated carbocycles. The van der Waals surface area contributed by atoms with E-state index >= 15 is 0 Å². The maximum absolute atomic E-state index is 11.8. The molecule has 104 valence electrons. The summed E-state index contributed by atoms with van der Waals surface area (Å²) < 4.78 is 10.9. The maximum Gasteiger partial charge on any atom is 0.320 e. The highest BCUT2D eigenvalue weighted by Gasteiger charge is 2.27. The molecule has 0 spiro atoms. The van der Waals surface area contributed by atoms with Crippen molar-refractivity contribution in [3.05, 3.63) is 34.3 Å². The molecule has 0 saturated heterocycles. The van der Waals surface area contributed by atoms with Gasteiger partial charge in [0.2, 0.25) is 0 Å². The molecule has 0 aliphatic carbocycles. The van der Waals surface area contributed by atoms with Crippen molar-refractivity contribution in [1.29, 1.82) is 0 Å². The van der Waals surface area contributed by atoms with Crippen molar-refractivity contribution >= 4 is 27.9 Å². The van der Waals surface area contributed by atoms with E-state index in [-0.39, 0.29) is 13.2 Å². The highest BCUT2D eigenvalue weighted by atomic mass is 79.9. The number of ether oxygens (including phenoxy) is 2. The molecule has 0 fully saturated rings. The molecule has 0 N–H and O–H groups in total. The van der Waals surface area contributed by atoms with E-state index in [0.29, 0.717) is 6.42 Å². The van der Waals surface area contributed by atoms with Crippen LogP contribution in [0.15, 0.2) is 28.7 Å². The van der Waals surface area contributed by atoms with Crippen molar-refractivity contribution in [2.45, 2.75) is 26.9 Å². The average Bonchev–Trinajstić information content (AvgIpc) is 2.39. The number of benzene rings is 1. The molecule has 1 rings (SSSR count). The molecule has 0 radical (unpaired) electrons. The van der Waals surface area contributed by atoms with E-state index in [1.54, 1.807) is 13.8 Å². The Labute approximate surface area is 121 Å². The van der Waals surface area contributed by atoms with Crippen LogP contribution in [0.2, 0.25) is 0 Å². The van der Waals surface area contributed by atoms with E-state index in [1.165, 1.54) is 0 Å². The fourth-order valence-electron chi connectivity index (χ4n) is 1.54. The average molecular weight is 329 g/mol. The lowest BCUT2D eigenvalue weighted by atomic mass is 10.1. The molecule has 0 bridgehead atoms. The minimum absolute atomic E-state index is 0.135. The summed E-state index contributed by atoms with van der Waals surface area (Å²) in [5.74, 6) is -1.92. The summed E-state index contributed by atoms with van der Waals surface area (Å²) in [5.41, 5.74) is 0.856. The van der Waals surface area contributed by atoms with Gasteiger partial charge in [0.05, 0.1) is 6.61 Å². The smallest absolute Gasteiger partial charge is 0.320 e. The van der Waals surface area contributed by atoms with Crippen LogP contribution in [0, 0.1) is 5.92 Å². The number of hydrogen-bond donors (Lipinski definition) is 0. The molecule has 0 heterocycles. The second-order valence-electron chi connectivity index (χ2n) is 3.91. The van der Waals surface area contributed by atoms with Crippen LogP contribution < -0.4 is 0 Å². The van der Waals surface area contributed by atoms with Crippen LogP contribution >= 0.6 is 15.9 Å². The molecule has 19 heavy (non-hydrogen) atoms. The van der Waals surface area contributed by atoms with Crippen molar-refractivity contribution in [1.82, 2.24) is 0 Å². The van der Waals surface area contributed by atoms with Crippen LogP contribution in [-0.2, 0) is 25.7 Å². The van der Waals surface area contributed by atoms with Crippen molar-refractivity contribution in [3.63, 3.8) is 0 Å². The van der Waals surface area contributed by atoms with E-state index < -0.39 is 17.9 Å². The van der Waals surface area contributed by atoms with Gasteiger partial charge in [0.15, 0.2) is 5.92 Å². The first-order chi connectivity index (χ1) is 9.10. The summed E-state index contributed by atoms with van der Waals surface area (Å²) in [5, 5.41) is 0. The summed E-state index contributed by atoms with van der Waals surface area (Å²) in [6.07, 6.45) is 0.369. The predicted molar refractivity (Wildman–Crippen MR) is 74.4 cm³/mol. The van der Waals surface area contributed by atoms with E-state index in [9.17, 15) is 9.59 Å². The van der Waals surface area contributed by atoms with Gasteiger partial charge in [0, 0.05) is 10.0 Å². The Kier molecular flexibility index (Phi) is 6.56. The van der Waals surface area contributed by atoms with Crippen LogP contribution in [0.5, 0.6) is 0 Å². The van der Waals surface area contributed by atoms with E-state index in [4.69, 9.17) is 9.47 Å². The third-order valence-corrected chi connectivity index (χ3v) is 3.37. The van der Waals surface area contributed by atoms with Gasteiger partial charge in [0.25, 0.3) is 0 Å². The fraction of sp³-hybridized carbons (Fsp3) is 0.429. The molecular formula is C14H17BrO4. The fourth-order valence-corrected chi connectivity index (χ4v) is 1.94. The standard InChI is InChI=1S/C14H17BrO4/c1-3-11(13(16)18-4-2)14(17)19-9-10-7-5-6-8-12(10)15/h5-8,11H,3-4,9H2,1-2H3. The normalized spacial score (nSPS) is 11.7. The zero-order valence-corrected chi connectivity index (χ0v) is 12.6. The minimum atomic E-state index is -0.845. The summed E-state index contributed by atoms with van der Waals surface area (Å²) >= 11 is 3.37. The summed E-state index contributed by atoms with van der Waals surface area (Å²) in [7, 11) is 0. The van der Waals surface area contributed by atoms with Crippen molar-refractivity contribution in [3.8, 4) is 0 Å². The van der Waals surface area contributed by atoms with Crippen LogP contribution in [0.4, 0.5) is 0 Å². The molecule has 4 nitrogen and oxygen atoms in total. The van der Waals surface area contributed by atoms with E-state index in [1.807, 2.05) is 24.3 Å². The topological polar surface area (TPSA) is 52.6 Å². The van der Waals surface area contributed by atoms with Gasteiger partial charge in [-0.2, -0.15) is 0 Å². The lowest BCUT2D eigenvalue weighted by Crippen LogP contribution is -2.27. The van der Waals surface area contributed by atoms with Gasteiger partial charge >= 0.3 is 11.9 Å². The lowest BCUT2D eigenvalue weighted by Gasteiger charge is -2.13. The van der Waals surface area contributed by atoms with Gasteiger partial charge in [-0.05, 0) is 19.4 Å². The van der Waals surface area contributed by atoms with Crippen LogP contribution in [0.25, 0.3) is 0 Å². The molecule has 0 aliphatic rings. The molecule has 0 aliphatic heterocycles. The van der Waals surface area contributed by atoms with Gasteiger partial charge in [0.1, 0.15) is 6.61 Å². The Balaban J connectivity index is 2.59. The molecule has 1 aromatic carbocycles. The van der Waals surface area contributed by atoms with Gasteiger partial charge in [-0.1, -0.05) is 41.1 Å². The zero-order chi connectivity index (χ0) is 14.3. The van der Waals surface area contributed by atoms with Crippen molar-refractivity contribution < 1.29 is 19.1 Å². The monoisotopic (exact) mass is 328 g/mol. The Morgan fingerprint density at radius 1 is 1.16 bits per heavy atom. The third-order valence-electron chi connectivity index (χ3n) is 2.59. The summed E-state index contributed by atoms with van der Waals surface area (Å²) in [6, 6.07) is 7.45. The second kappa shape index (κ2) is 7.94. The Morgan fingerprint density at radius 2 is 1.79 bits per heavy atom. The number of halogens is 1. The number of esters is 2. The zero-order valence-electron chi connectivity index (χ0n) is 11.0. The number of carbonyl (C=O) groups excluding carboxylic acids is 2. The molecule has 5 heteroatoms. The van der Waals surface area contributed by atoms with Gasteiger partial charge in [-0.25, -0.2) is 0 Å². The number of hydrogen-bond acceptors (Lipinski definition) is 4. The van der Waals surface area contributed by atoms with E-state index in [2.05, 4.69) is 15.9 Å². The maximum atomic E-state index is 11.8. The van der Waals surface area contributed by atoms with Crippen LogP contribution in [0.1, 0.15) is 25.8 Å². The molecule has 0 amide bonds. The molecule has 1 aromatic rings. The minimum Gasteiger partial charge on any atom is -0.465 e. The quantitative estimate of drug-likeness (QED) is 0.594. The van der Waals surface area contributed by atoms with Crippen LogP contribution in [-0.4, -0.2) is 18.5 Å². The van der Waals surface area contributed by atoms with Crippen LogP contribution in [0.3, 0.4) is 0 Å². The highest BCUT2D eigenvalue weighted by Crippen LogP contribution is 2.18. The molecule has 1 unspecified atom stereocenters. The lowest BCUT2D eigenvalue weighted by molar-refractivity contribution is -0.162. The molecule has 0 aromatic heterocycles. The highest BCUT2D eigenvalue weighted by molar-refractivity contribution is 9.10. The predicted octanol–water partition coefficient (Wildman–Crippen LogP) is 3.08.